The molecule has 0 aliphatic rings. The summed E-state index contributed by atoms with van der Waals surface area (Å²) in [5.74, 6) is -0.0517. The maximum atomic E-state index is 11.4. The molecule has 3 nitrogen and oxygen atoms in total. The lowest BCUT2D eigenvalue weighted by Gasteiger charge is -2.16. The second-order valence-electron chi connectivity index (χ2n) is 3.79. The van der Waals surface area contributed by atoms with Gasteiger partial charge in [-0.1, -0.05) is 40.0 Å². The van der Waals surface area contributed by atoms with Gasteiger partial charge < -0.3 is 10.5 Å². The molecular formula is C11H23NO2. The number of ether oxygens (including phenoxy) is 1. The zero-order valence-corrected chi connectivity index (χ0v) is 9.58. The number of nitrogens with two attached hydrogens (primary N) is 1. The number of unbranched alkanes of at least 4 members (excludes halogenated alkanes) is 2. The molecule has 84 valence electrons. The highest BCUT2D eigenvalue weighted by Crippen LogP contribution is 2.07. The fourth-order valence-corrected chi connectivity index (χ4v) is 1.11. The first kappa shape index (κ1) is 13.4. The van der Waals surface area contributed by atoms with Crippen LogP contribution in [-0.2, 0) is 9.53 Å². The number of hydrogen-bond acceptors (Lipinski definition) is 3. The third kappa shape index (κ3) is 5.22. The molecule has 0 saturated heterocycles. The maximum absolute atomic E-state index is 11.4. The zero-order valence-electron chi connectivity index (χ0n) is 9.58. The van der Waals surface area contributed by atoms with E-state index in [0.717, 1.165) is 25.7 Å². The van der Waals surface area contributed by atoms with Gasteiger partial charge in [-0.25, -0.2) is 0 Å². The minimum Gasteiger partial charge on any atom is -0.465 e. The molecule has 0 radical (unpaired) electrons. The summed E-state index contributed by atoms with van der Waals surface area (Å²) in [4.78, 5) is 11.4. The van der Waals surface area contributed by atoms with Crippen LogP contribution in [0.15, 0.2) is 0 Å². The molecule has 0 fully saturated rings. The highest BCUT2D eigenvalue weighted by Gasteiger charge is 2.20. The molecule has 0 heterocycles. The van der Waals surface area contributed by atoms with Crippen LogP contribution >= 0.6 is 0 Å². The van der Waals surface area contributed by atoms with Gasteiger partial charge in [0.1, 0.15) is 6.04 Å². The summed E-state index contributed by atoms with van der Waals surface area (Å²) >= 11 is 0. The fraction of sp³-hybridized carbons (Fsp3) is 0.909. The fourth-order valence-electron chi connectivity index (χ4n) is 1.11. The van der Waals surface area contributed by atoms with Crippen LogP contribution in [0.5, 0.6) is 0 Å². The summed E-state index contributed by atoms with van der Waals surface area (Å²) in [5.41, 5.74) is 5.71. The summed E-state index contributed by atoms with van der Waals surface area (Å²) in [6.45, 7) is 6.62. The van der Waals surface area contributed by atoms with Crippen LogP contribution in [0.3, 0.4) is 0 Å². The van der Waals surface area contributed by atoms with Crippen LogP contribution in [0.4, 0.5) is 0 Å². The first-order valence-corrected chi connectivity index (χ1v) is 5.55. The lowest BCUT2D eigenvalue weighted by molar-refractivity contribution is -0.146. The Morgan fingerprint density at radius 2 is 2.00 bits per heavy atom. The topological polar surface area (TPSA) is 52.3 Å². The van der Waals surface area contributed by atoms with Crippen LogP contribution in [0.25, 0.3) is 0 Å². The second kappa shape index (κ2) is 7.80. The van der Waals surface area contributed by atoms with E-state index >= 15 is 0 Å². The van der Waals surface area contributed by atoms with Crippen molar-refractivity contribution in [3.63, 3.8) is 0 Å². The average Bonchev–Trinajstić information content (AvgIpc) is 2.21. The molecule has 0 rings (SSSR count). The van der Waals surface area contributed by atoms with Gasteiger partial charge in [0.15, 0.2) is 0 Å². The normalized spacial score (nSPS) is 14.9. The van der Waals surface area contributed by atoms with Gasteiger partial charge in [-0.15, -0.1) is 0 Å². The molecule has 2 atom stereocenters. The maximum Gasteiger partial charge on any atom is 0.323 e. The Labute approximate surface area is 87.0 Å². The second-order valence-corrected chi connectivity index (χ2v) is 3.79. The number of hydrogen-bond donors (Lipinski definition) is 1. The first-order chi connectivity index (χ1) is 6.63. The molecule has 0 aliphatic heterocycles. The standard InChI is InChI=1S/C11H23NO2/c1-4-6-7-8-14-11(13)10(12)9(3)5-2/h9-10H,4-8,12H2,1-3H3. The van der Waals surface area contributed by atoms with E-state index in [0.29, 0.717) is 6.61 Å². The minimum atomic E-state index is -0.457. The molecule has 2 N–H and O–H groups in total. The number of carbonyl (C=O) groups is 1. The van der Waals surface area contributed by atoms with Gasteiger partial charge in [-0.2, -0.15) is 0 Å². The number of rotatable bonds is 7. The van der Waals surface area contributed by atoms with Gasteiger partial charge in [0, 0.05) is 0 Å². The molecule has 2 unspecified atom stereocenters. The van der Waals surface area contributed by atoms with Crippen LogP contribution in [0, 0.1) is 5.92 Å². The summed E-state index contributed by atoms with van der Waals surface area (Å²) in [6, 6.07) is -0.457. The monoisotopic (exact) mass is 201 g/mol. The molecule has 3 heteroatoms. The Hall–Kier alpha value is -0.570. The van der Waals surface area contributed by atoms with Crippen molar-refractivity contribution in [1.29, 1.82) is 0 Å². The van der Waals surface area contributed by atoms with E-state index in [2.05, 4.69) is 6.92 Å². The molecule has 0 aromatic carbocycles. The molecule has 0 bridgehead atoms. The van der Waals surface area contributed by atoms with Gasteiger partial charge >= 0.3 is 5.97 Å². The van der Waals surface area contributed by atoms with E-state index in [1.54, 1.807) is 0 Å². The molecular weight excluding hydrogens is 178 g/mol. The molecule has 0 aliphatic carbocycles. The van der Waals surface area contributed by atoms with Crippen molar-refractivity contribution in [1.82, 2.24) is 0 Å². The van der Waals surface area contributed by atoms with Crippen molar-refractivity contribution < 1.29 is 9.53 Å². The minimum absolute atomic E-state index is 0.202. The van der Waals surface area contributed by atoms with Crippen LogP contribution in [-0.4, -0.2) is 18.6 Å². The Bertz CT molecular complexity index is 159. The van der Waals surface area contributed by atoms with Crippen molar-refractivity contribution in [3.8, 4) is 0 Å². The average molecular weight is 201 g/mol. The van der Waals surface area contributed by atoms with E-state index in [4.69, 9.17) is 10.5 Å². The van der Waals surface area contributed by atoms with Crippen molar-refractivity contribution in [3.05, 3.63) is 0 Å². The summed E-state index contributed by atoms with van der Waals surface area (Å²) in [5, 5.41) is 0. The molecule has 0 spiro atoms. The molecule has 0 aromatic rings. The third-order valence-electron chi connectivity index (χ3n) is 2.52. The van der Waals surface area contributed by atoms with Crippen LogP contribution in [0.1, 0.15) is 46.5 Å². The first-order valence-electron chi connectivity index (χ1n) is 5.55. The van der Waals surface area contributed by atoms with Crippen LogP contribution in [0.2, 0.25) is 0 Å². The lowest BCUT2D eigenvalue weighted by atomic mass is 10.0. The predicted octanol–water partition coefficient (Wildman–Crippen LogP) is 2.09. The third-order valence-corrected chi connectivity index (χ3v) is 2.52. The van der Waals surface area contributed by atoms with Gasteiger partial charge in [0.2, 0.25) is 0 Å². The molecule has 14 heavy (non-hydrogen) atoms. The Kier molecular flexibility index (Phi) is 7.48. The molecule has 0 aromatic heterocycles. The summed E-state index contributed by atoms with van der Waals surface area (Å²) in [7, 11) is 0. The smallest absolute Gasteiger partial charge is 0.323 e. The summed E-state index contributed by atoms with van der Waals surface area (Å²) < 4.78 is 5.06. The van der Waals surface area contributed by atoms with Gasteiger partial charge in [-0.05, 0) is 12.3 Å². The zero-order chi connectivity index (χ0) is 11.0. The Balaban J connectivity index is 3.62. The molecule has 0 amide bonds. The van der Waals surface area contributed by atoms with Crippen molar-refractivity contribution in [2.24, 2.45) is 11.7 Å². The SMILES string of the molecule is CCCCCOC(=O)C(N)C(C)CC. The molecule has 0 saturated carbocycles. The lowest BCUT2D eigenvalue weighted by Crippen LogP contribution is -2.38. The largest absolute Gasteiger partial charge is 0.465 e. The predicted molar refractivity (Wildman–Crippen MR) is 57.9 cm³/mol. The van der Waals surface area contributed by atoms with Crippen molar-refractivity contribution in [2.45, 2.75) is 52.5 Å². The van der Waals surface area contributed by atoms with Crippen LogP contribution < -0.4 is 5.73 Å². The van der Waals surface area contributed by atoms with Gasteiger partial charge in [0.25, 0.3) is 0 Å². The van der Waals surface area contributed by atoms with E-state index in [1.807, 2.05) is 13.8 Å². The van der Waals surface area contributed by atoms with E-state index in [-0.39, 0.29) is 11.9 Å². The van der Waals surface area contributed by atoms with Gasteiger partial charge in [0.05, 0.1) is 6.61 Å². The Morgan fingerprint density at radius 1 is 1.36 bits per heavy atom. The van der Waals surface area contributed by atoms with E-state index in [1.165, 1.54) is 0 Å². The van der Waals surface area contributed by atoms with Crippen molar-refractivity contribution >= 4 is 5.97 Å². The highest BCUT2D eigenvalue weighted by molar-refractivity contribution is 5.75. The Morgan fingerprint density at radius 3 is 2.50 bits per heavy atom. The highest BCUT2D eigenvalue weighted by atomic mass is 16.5. The quantitative estimate of drug-likeness (QED) is 0.507. The van der Waals surface area contributed by atoms with Crippen molar-refractivity contribution in [2.75, 3.05) is 6.61 Å². The summed E-state index contributed by atoms with van der Waals surface area (Å²) in [6.07, 6.45) is 4.08. The number of esters is 1. The van der Waals surface area contributed by atoms with E-state index in [9.17, 15) is 4.79 Å². The van der Waals surface area contributed by atoms with Gasteiger partial charge in [-0.3, -0.25) is 4.79 Å². The number of carbonyl (C=O) groups excluding carboxylic acids is 1. The van der Waals surface area contributed by atoms with E-state index < -0.39 is 6.04 Å².